The van der Waals surface area contributed by atoms with E-state index in [-0.39, 0.29) is 17.7 Å². The van der Waals surface area contributed by atoms with E-state index >= 15 is 0 Å². The van der Waals surface area contributed by atoms with E-state index in [9.17, 15) is 9.59 Å². The largest absolute Gasteiger partial charge is 0.340 e. The Kier molecular flexibility index (Phi) is 6.70. The van der Waals surface area contributed by atoms with Crippen molar-refractivity contribution < 1.29 is 9.59 Å². The summed E-state index contributed by atoms with van der Waals surface area (Å²) in [6.45, 7) is 12.6. The van der Waals surface area contributed by atoms with Gasteiger partial charge in [0.1, 0.15) is 5.82 Å². The van der Waals surface area contributed by atoms with Crippen molar-refractivity contribution in [3.8, 4) is 0 Å². The second-order valence-electron chi connectivity index (χ2n) is 8.63. The zero-order valence-electron chi connectivity index (χ0n) is 17.7. The zero-order chi connectivity index (χ0) is 20.3. The van der Waals surface area contributed by atoms with Gasteiger partial charge < -0.3 is 4.90 Å². The fourth-order valence-electron chi connectivity index (χ4n) is 3.85. The molecule has 4 rings (SSSR count). The third-order valence-corrected chi connectivity index (χ3v) is 5.67. The Bertz CT molecular complexity index is 692. The molecule has 0 radical (unpaired) electrons. The van der Waals surface area contributed by atoms with Gasteiger partial charge in [-0.05, 0) is 30.9 Å². The summed E-state index contributed by atoms with van der Waals surface area (Å²) in [6, 6.07) is 4.81. The highest BCUT2D eigenvalue weighted by molar-refractivity contribution is 5.95. The van der Waals surface area contributed by atoms with Gasteiger partial charge >= 0.3 is 0 Å². The minimum Gasteiger partial charge on any atom is -0.340 e. The molecule has 2 fully saturated rings. The summed E-state index contributed by atoms with van der Waals surface area (Å²) in [4.78, 5) is 34.1. The Morgan fingerprint density at radius 1 is 0.964 bits per heavy atom. The number of pyridine rings is 1. The number of hydrogen-bond acceptors (Lipinski definition) is 4. The lowest BCUT2D eigenvalue weighted by molar-refractivity contribution is -0.136. The molecule has 1 saturated heterocycles. The van der Waals surface area contributed by atoms with Crippen molar-refractivity contribution in [1.29, 1.82) is 0 Å². The van der Waals surface area contributed by atoms with Crippen LogP contribution in [-0.4, -0.2) is 65.4 Å². The molecule has 0 spiro atoms. The van der Waals surface area contributed by atoms with Gasteiger partial charge in [0.05, 0.1) is 0 Å². The minimum atomic E-state index is 0.0444. The fraction of sp³-hybridized carbons (Fsp3) is 0.682. The van der Waals surface area contributed by atoms with Crippen LogP contribution in [0, 0.1) is 11.8 Å². The number of carbonyl (C=O) groups excluding carboxylic acids is 2. The molecule has 1 aromatic heterocycles. The number of carbonyl (C=O) groups is 2. The Hall–Kier alpha value is -1.95. The SMILES string of the molecule is CC(C)C(=O)N1CCN(C2CC2)CC1.CC(C)C(=O)N1CCc2cccnc21. The van der Waals surface area contributed by atoms with Crippen LogP contribution in [0.3, 0.4) is 0 Å². The van der Waals surface area contributed by atoms with E-state index in [0.717, 1.165) is 51.0 Å². The highest BCUT2D eigenvalue weighted by atomic mass is 16.2. The van der Waals surface area contributed by atoms with E-state index in [2.05, 4.69) is 9.88 Å². The first-order valence-electron chi connectivity index (χ1n) is 10.7. The standard InChI is InChI=1S/C11H20N2O.C11H14N2O/c1-9(2)11(14)13-7-5-12(6-8-13)10-3-4-10;1-8(2)11(14)13-7-5-9-4-3-6-12-10(9)13/h9-10H,3-8H2,1-2H3;3-4,6,8H,5,7H2,1-2H3. The van der Waals surface area contributed by atoms with Crippen LogP contribution in [0.2, 0.25) is 0 Å². The maximum atomic E-state index is 11.8. The third-order valence-electron chi connectivity index (χ3n) is 5.67. The number of fused-ring (bicyclic) bond motifs is 1. The van der Waals surface area contributed by atoms with E-state index in [4.69, 9.17) is 0 Å². The molecule has 0 unspecified atom stereocenters. The van der Waals surface area contributed by atoms with Crippen LogP contribution in [0.25, 0.3) is 0 Å². The smallest absolute Gasteiger partial charge is 0.230 e. The van der Waals surface area contributed by atoms with Crippen LogP contribution in [0.15, 0.2) is 18.3 Å². The summed E-state index contributed by atoms with van der Waals surface area (Å²) in [5.41, 5.74) is 1.18. The molecule has 0 N–H and O–H groups in total. The van der Waals surface area contributed by atoms with Crippen molar-refractivity contribution in [2.75, 3.05) is 37.6 Å². The molecule has 1 aromatic rings. The molecular weight excluding hydrogens is 352 g/mol. The maximum Gasteiger partial charge on any atom is 0.230 e. The van der Waals surface area contributed by atoms with Crippen LogP contribution in [0.1, 0.15) is 46.1 Å². The number of amides is 2. The predicted octanol–water partition coefficient (Wildman–Crippen LogP) is 2.58. The van der Waals surface area contributed by atoms with Crippen LogP contribution < -0.4 is 4.90 Å². The van der Waals surface area contributed by atoms with Crippen molar-refractivity contribution in [3.05, 3.63) is 23.9 Å². The van der Waals surface area contributed by atoms with Gasteiger partial charge in [-0.15, -0.1) is 0 Å². The molecule has 6 heteroatoms. The Balaban J connectivity index is 0.000000161. The van der Waals surface area contributed by atoms with Gasteiger partial charge in [-0.3, -0.25) is 19.4 Å². The van der Waals surface area contributed by atoms with Crippen molar-refractivity contribution in [2.45, 2.75) is 53.0 Å². The average molecular weight is 387 g/mol. The number of rotatable bonds is 3. The van der Waals surface area contributed by atoms with Crippen molar-refractivity contribution in [1.82, 2.24) is 14.8 Å². The van der Waals surface area contributed by atoms with Crippen molar-refractivity contribution in [2.24, 2.45) is 11.8 Å². The molecule has 28 heavy (non-hydrogen) atoms. The Morgan fingerprint density at radius 3 is 2.18 bits per heavy atom. The Morgan fingerprint density at radius 2 is 1.61 bits per heavy atom. The third kappa shape index (κ3) is 4.90. The van der Waals surface area contributed by atoms with E-state index in [1.54, 1.807) is 11.1 Å². The quantitative estimate of drug-likeness (QED) is 0.801. The van der Waals surface area contributed by atoms with Gasteiger partial charge in [-0.25, -0.2) is 4.98 Å². The van der Waals surface area contributed by atoms with E-state index < -0.39 is 0 Å². The number of anilines is 1. The molecule has 1 saturated carbocycles. The van der Waals surface area contributed by atoms with Crippen LogP contribution >= 0.6 is 0 Å². The Labute approximate surface area is 168 Å². The average Bonchev–Trinajstić information content (AvgIpc) is 3.46. The molecule has 1 aliphatic carbocycles. The summed E-state index contributed by atoms with van der Waals surface area (Å²) in [5.74, 6) is 1.54. The molecule has 6 nitrogen and oxygen atoms in total. The normalized spacial score (nSPS) is 19.5. The summed E-state index contributed by atoms with van der Waals surface area (Å²) < 4.78 is 0. The molecular formula is C22H34N4O2. The lowest BCUT2D eigenvalue weighted by atomic mass is 10.1. The van der Waals surface area contributed by atoms with Gasteiger partial charge in [0.2, 0.25) is 11.8 Å². The first-order valence-corrected chi connectivity index (χ1v) is 10.7. The van der Waals surface area contributed by atoms with E-state index in [1.807, 2.05) is 44.7 Å². The van der Waals surface area contributed by atoms with Gasteiger partial charge in [-0.2, -0.15) is 0 Å². The molecule has 0 bridgehead atoms. The molecule has 3 heterocycles. The number of nitrogens with zero attached hydrogens (tertiary/aromatic N) is 4. The fourth-order valence-corrected chi connectivity index (χ4v) is 3.85. The van der Waals surface area contributed by atoms with E-state index in [1.165, 1.54) is 18.4 Å². The van der Waals surface area contributed by atoms with Crippen LogP contribution in [0.4, 0.5) is 5.82 Å². The van der Waals surface area contributed by atoms with Gasteiger partial charge in [0.25, 0.3) is 0 Å². The van der Waals surface area contributed by atoms with Gasteiger partial charge in [0.15, 0.2) is 0 Å². The molecule has 2 aliphatic heterocycles. The first kappa shape index (κ1) is 20.8. The highest BCUT2D eigenvalue weighted by Crippen LogP contribution is 2.27. The summed E-state index contributed by atoms with van der Waals surface area (Å²) in [6.07, 6.45) is 5.42. The maximum absolute atomic E-state index is 11.8. The number of aromatic nitrogens is 1. The second-order valence-corrected chi connectivity index (χ2v) is 8.63. The lowest BCUT2D eigenvalue weighted by Gasteiger charge is -2.35. The lowest BCUT2D eigenvalue weighted by Crippen LogP contribution is -2.50. The van der Waals surface area contributed by atoms with Crippen LogP contribution in [-0.2, 0) is 16.0 Å². The van der Waals surface area contributed by atoms with Crippen molar-refractivity contribution >= 4 is 17.6 Å². The summed E-state index contributed by atoms with van der Waals surface area (Å²) in [5, 5.41) is 0. The van der Waals surface area contributed by atoms with Gasteiger partial charge in [-0.1, -0.05) is 33.8 Å². The summed E-state index contributed by atoms with van der Waals surface area (Å²) in [7, 11) is 0. The number of hydrogen-bond donors (Lipinski definition) is 0. The van der Waals surface area contributed by atoms with Gasteiger partial charge in [0, 0.05) is 56.8 Å². The molecule has 0 atom stereocenters. The van der Waals surface area contributed by atoms with E-state index in [0.29, 0.717) is 5.91 Å². The molecule has 0 aromatic carbocycles. The number of piperazine rings is 1. The molecule has 3 aliphatic rings. The monoisotopic (exact) mass is 386 g/mol. The minimum absolute atomic E-state index is 0.0444. The molecule has 2 amide bonds. The van der Waals surface area contributed by atoms with Crippen LogP contribution in [0.5, 0.6) is 0 Å². The molecule has 154 valence electrons. The van der Waals surface area contributed by atoms with Crippen molar-refractivity contribution in [3.63, 3.8) is 0 Å². The summed E-state index contributed by atoms with van der Waals surface area (Å²) >= 11 is 0. The highest BCUT2D eigenvalue weighted by Gasteiger charge is 2.32. The predicted molar refractivity (Wildman–Crippen MR) is 111 cm³/mol. The zero-order valence-corrected chi connectivity index (χ0v) is 17.7. The second kappa shape index (κ2) is 9.03. The topological polar surface area (TPSA) is 56.8 Å². The first-order chi connectivity index (χ1) is 13.4.